The Labute approximate surface area is 52.2 Å². The summed E-state index contributed by atoms with van der Waals surface area (Å²) >= 11 is 0. The summed E-state index contributed by atoms with van der Waals surface area (Å²) in [4.78, 5) is 0. The van der Waals surface area contributed by atoms with Crippen molar-refractivity contribution in [2.45, 2.75) is 11.7 Å². The molecule has 0 fully saturated rings. The lowest BCUT2D eigenvalue weighted by Crippen LogP contribution is -2.18. The van der Waals surface area contributed by atoms with Gasteiger partial charge in [0.25, 0.3) is 0 Å². The zero-order chi connectivity index (χ0) is 6.62. The van der Waals surface area contributed by atoms with E-state index in [1.165, 1.54) is 6.08 Å². The first-order valence-corrected chi connectivity index (χ1v) is 3.40. The predicted molar refractivity (Wildman–Crippen MR) is 37.4 cm³/mol. The number of terminal acetylenes is 1. The van der Waals surface area contributed by atoms with Gasteiger partial charge in [0, 0.05) is 6.42 Å². The highest BCUT2D eigenvalue weighted by Crippen LogP contribution is 2.08. The third-order valence-electron chi connectivity index (χ3n) is 0.829. The van der Waals surface area contributed by atoms with E-state index in [4.69, 9.17) is 6.42 Å². The van der Waals surface area contributed by atoms with Crippen molar-refractivity contribution in [1.82, 2.24) is 0 Å². The molecule has 0 nitrogen and oxygen atoms in total. The maximum atomic E-state index is 12.6. The Kier molecular flexibility index (Phi) is 2.50. The number of halogens is 1. The van der Waals surface area contributed by atoms with Gasteiger partial charge in [-0.05, 0) is 0 Å². The lowest BCUT2D eigenvalue weighted by Gasteiger charge is -2.07. The van der Waals surface area contributed by atoms with E-state index in [2.05, 4.69) is 12.5 Å². The summed E-state index contributed by atoms with van der Waals surface area (Å²) < 4.78 is 12.6. The first kappa shape index (κ1) is 7.45. The van der Waals surface area contributed by atoms with E-state index in [9.17, 15) is 4.39 Å². The van der Waals surface area contributed by atoms with Crippen LogP contribution in [0.1, 0.15) is 6.42 Å². The van der Waals surface area contributed by atoms with Crippen LogP contribution in [0.15, 0.2) is 12.7 Å². The van der Waals surface area contributed by atoms with Crippen LogP contribution in [-0.4, -0.2) is 15.5 Å². The zero-order valence-electron chi connectivity index (χ0n) is 4.95. The second-order valence-electron chi connectivity index (χ2n) is 1.83. The summed E-state index contributed by atoms with van der Waals surface area (Å²) in [6, 6.07) is 0. The summed E-state index contributed by atoms with van der Waals surface area (Å²) in [5, 5.41) is -1.36. The van der Waals surface area contributed by atoms with Gasteiger partial charge in [-0.15, -0.1) is 13.0 Å². The molecule has 0 aromatic carbocycles. The van der Waals surface area contributed by atoms with E-state index in [-0.39, 0.29) is 6.42 Å². The van der Waals surface area contributed by atoms with Crippen LogP contribution in [-0.2, 0) is 0 Å². The van der Waals surface area contributed by atoms with Crippen LogP contribution in [0.25, 0.3) is 0 Å². The highest BCUT2D eigenvalue weighted by atomic mass is 28.1. The van der Waals surface area contributed by atoms with Crippen molar-refractivity contribution in [2.75, 3.05) is 0 Å². The second-order valence-corrected chi connectivity index (χ2v) is 3.42. The second kappa shape index (κ2) is 2.68. The van der Waals surface area contributed by atoms with Crippen LogP contribution in [0.5, 0.6) is 0 Å². The first-order valence-electron chi connectivity index (χ1n) is 2.40. The summed E-state index contributed by atoms with van der Waals surface area (Å²) in [6.45, 7) is 3.38. The van der Waals surface area contributed by atoms with E-state index in [1.807, 2.05) is 0 Å². The van der Waals surface area contributed by atoms with Crippen molar-refractivity contribution in [3.05, 3.63) is 12.7 Å². The molecule has 0 bridgehead atoms. The van der Waals surface area contributed by atoms with E-state index >= 15 is 0 Å². The molecule has 0 saturated carbocycles. The Balaban J connectivity index is 3.76. The van der Waals surface area contributed by atoms with Gasteiger partial charge in [0.2, 0.25) is 0 Å². The van der Waals surface area contributed by atoms with Crippen molar-refractivity contribution in [3.8, 4) is 12.3 Å². The number of hydrogen-bond acceptors (Lipinski definition) is 0. The van der Waals surface area contributed by atoms with E-state index < -0.39 is 5.29 Å². The summed E-state index contributed by atoms with van der Waals surface area (Å²) in [5.74, 6) is 2.07. The molecule has 8 heavy (non-hydrogen) atoms. The average molecular weight is 128 g/mol. The van der Waals surface area contributed by atoms with Crippen LogP contribution in [0.4, 0.5) is 4.39 Å². The molecule has 0 aliphatic carbocycles. The van der Waals surface area contributed by atoms with Gasteiger partial charge in [-0.3, -0.25) is 0 Å². The quantitative estimate of drug-likeness (QED) is 0.284. The van der Waals surface area contributed by atoms with E-state index in [0.717, 1.165) is 0 Å². The summed E-state index contributed by atoms with van der Waals surface area (Å²) in [6.07, 6.45) is 6.65. The maximum absolute atomic E-state index is 12.6. The Morgan fingerprint density at radius 1 is 2.00 bits per heavy atom. The van der Waals surface area contributed by atoms with Gasteiger partial charge in [-0.2, -0.15) is 0 Å². The Hall–Kier alpha value is -0.553. The minimum atomic E-state index is -1.36. The molecule has 44 valence electrons. The topological polar surface area (TPSA) is 0 Å². The Bertz CT molecular complexity index is 121. The molecule has 0 N–H and O–H groups in total. The fourth-order valence-corrected chi connectivity index (χ4v) is 0.619. The molecule has 0 radical (unpaired) electrons. The number of alkyl halides is 1. The molecular formula is C6H9FSi. The van der Waals surface area contributed by atoms with Crippen molar-refractivity contribution in [1.29, 1.82) is 0 Å². The van der Waals surface area contributed by atoms with Gasteiger partial charge in [-0.25, -0.2) is 4.39 Å². The highest BCUT2D eigenvalue weighted by Gasteiger charge is 2.15. The Morgan fingerprint density at radius 3 is 2.62 bits per heavy atom. The first-order chi connectivity index (χ1) is 3.62. The zero-order valence-corrected chi connectivity index (χ0v) is 6.95. The molecule has 0 aromatic heterocycles. The van der Waals surface area contributed by atoms with Crippen LogP contribution < -0.4 is 0 Å². The fraction of sp³-hybridized carbons (Fsp3) is 0.333. The fourth-order valence-electron chi connectivity index (χ4n) is 0.330. The third kappa shape index (κ3) is 2.59. The summed E-state index contributed by atoms with van der Waals surface area (Å²) in [5.41, 5.74) is 0. The molecule has 0 aromatic rings. The van der Waals surface area contributed by atoms with Gasteiger partial charge in [0.1, 0.15) is 5.29 Å². The molecule has 2 heteroatoms. The maximum Gasteiger partial charge on any atom is 0.150 e. The highest BCUT2D eigenvalue weighted by molar-refractivity contribution is 6.16. The summed E-state index contributed by atoms with van der Waals surface area (Å²) in [7, 11) is 0.385. The molecule has 0 aliphatic rings. The van der Waals surface area contributed by atoms with Crippen LogP contribution in [0.2, 0.25) is 0 Å². The largest absolute Gasteiger partial charge is 0.235 e. The molecule has 0 saturated heterocycles. The van der Waals surface area contributed by atoms with Gasteiger partial charge >= 0.3 is 0 Å². The van der Waals surface area contributed by atoms with Gasteiger partial charge < -0.3 is 0 Å². The average Bonchev–Trinajstić information content (AvgIpc) is 1.67. The van der Waals surface area contributed by atoms with Crippen LogP contribution in [0.3, 0.4) is 0 Å². The SMILES string of the molecule is C#CC(F)([SiH3])CC=C. The van der Waals surface area contributed by atoms with Crippen molar-refractivity contribution >= 4 is 10.2 Å². The molecular weight excluding hydrogens is 119 g/mol. The third-order valence-corrected chi connectivity index (χ3v) is 1.53. The lowest BCUT2D eigenvalue weighted by molar-refractivity contribution is 0.362. The standard InChI is InChI=1S/C6H9FSi/c1-3-5-6(7,8)4-2/h2-3H,1,5H2,8H3. The van der Waals surface area contributed by atoms with Crippen molar-refractivity contribution in [3.63, 3.8) is 0 Å². The van der Waals surface area contributed by atoms with E-state index in [1.54, 1.807) is 0 Å². The molecule has 0 aliphatic heterocycles. The minimum Gasteiger partial charge on any atom is -0.235 e. The molecule has 1 atom stereocenters. The smallest absolute Gasteiger partial charge is 0.150 e. The number of allylic oxidation sites excluding steroid dienone is 1. The lowest BCUT2D eigenvalue weighted by atomic mass is 10.3. The van der Waals surface area contributed by atoms with Gasteiger partial charge in [0.05, 0.1) is 10.2 Å². The van der Waals surface area contributed by atoms with Gasteiger partial charge in [-0.1, -0.05) is 12.0 Å². The monoisotopic (exact) mass is 128 g/mol. The molecule has 1 unspecified atom stereocenters. The van der Waals surface area contributed by atoms with Gasteiger partial charge in [0.15, 0.2) is 0 Å². The van der Waals surface area contributed by atoms with Crippen molar-refractivity contribution in [2.24, 2.45) is 0 Å². The molecule has 0 heterocycles. The number of hydrogen-bond donors (Lipinski definition) is 0. The van der Waals surface area contributed by atoms with Crippen LogP contribution >= 0.6 is 0 Å². The minimum absolute atomic E-state index is 0.287. The van der Waals surface area contributed by atoms with Crippen LogP contribution in [0, 0.1) is 12.3 Å². The normalized spacial score (nSPS) is 16.5. The van der Waals surface area contributed by atoms with E-state index in [0.29, 0.717) is 10.2 Å². The number of rotatable bonds is 2. The molecule has 0 rings (SSSR count). The molecule has 0 amide bonds. The predicted octanol–water partition coefficient (Wildman–Crippen LogP) is 0.227. The molecule has 0 spiro atoms. The Morgan fingerprint density at radius 2 is 2.50 bits per heavy atom. The van der Waals surface area contributed by atoms with Crippen molar-refractivity contribution < 1.29 is 4.39 Å².